The maximum Gasteiger partial charge on any atom is 0.169 e. The van der Waals surface area contributed by atoms with Crippen molar-refractivity contribution in [1.29, 1.82) is 0 Å². The summed E-state index contributed by atoms with van der Waals surface area (Å²) in [7, 11) is 5.11. The molecular weight excluding hydrogens is 206 g/mol. The molecule has 1 rings (SSSR count). The minimum atomic E-state index is -0.141. The summed E-state index contributed by atoms with van der Waals surface area (Å²) in [6.07, 6.45) is 2.57. The predicted octanol–water partition coefficient (Wildman–Crippen LogP) is 1.35. The summed E-state index contributed by atoms with van der Waals surface area (Å²) < 4.78 is 15.7. The van der Waals surface area contributed by atoms with Crippen LogP contribution in [0.4, 0.5) is 0 Å². The van der Waals surface area contributed by atoms with Gasteiger partial charge in [0.05, 0.1) is 6.61 Å². The van der Waals surface area contributed by atoms with Crippen molar-refractivity contribution in [3.05, 3.63) is 0 Å². The van der Waals surface area contributed by atoms with E-state index in [0.29, 0.717) is 6.04 Å². The van der Waals surface area contributed by atoms with Gasteiger partial charge in [-0.25, -0.2) is 0 Å². The molecule has 4 heteroatoms. The summed E-state index contributed by atoms with van der Waals surface area (Å²) in [5.41, 5.74) is 0. The average Bonchev–Trinajstić information content (AvgIpc) is 3.13. The van der Waals surface area contributed by atoms with Crippen LogP contribution in [0.3, 0.4) is 0 Å². The van der Waals surface area contributed by atoms with Crippen LogP contribution in [0.1, 0.15) is 19.8 Å². The van der Waals surface area contributed by atoms with Crippen LogP contribution in [0, 0.1) is 5.92 Å². The lowest BCUT2D eigenvalue weighted by Crippen LogP contribution is -2.43. The van der Waals surface area contributed by atoms with E-state index in [1.165, 1.54) is 12.8 Å². The molecule has 1 unspecified atom stereocenters. The highest BCUT2D eigenvalue weighted by Gasteiger charge is 2.32. The highest BCUT2D eigenvalue weighted by atomic mass is 16.7. The lowest BCUT2D eigenvalue weighted by molar-refractivity contribution is -0.122. The zero-order chi connectivity index (χ0) is 12.0. The molecule has 0 N–H and O–H groups in total. The molecule has 4 nitrogen and oxygen atoms in total. The molecule has 1 saturated carbocycles. The Labute approximate surface area is 98.8 Å². The summed E-state index contributed by atoms with van der Waals surface area (Å²) in [5, 5.41) is 0. The molecule has 96 valence electrons. The van der Waals surface area contributed by atoms with Crippen LogP contribution >= 0.6 is 0 Å². The molecule has 0 heterocycles. The maximum atomic E-state index is 5.26. The van der Waals surface area contributed by atoms with Crippen LogP contribution in [0.15, 0.2) is 0 Å². The van der Waals surface area contributed by atoms with Crippen molar-refractivity contribution in [3.63, 3.8) is 0 Å². The Morgan fingerprint density at radius 1 is 1.19 bits per heavy atom. The third-order valence-corrected chi connectivity index (χ3v) is 3.37. The summed E-state index contributed by atoms with van der Waals surface area (Å²) in [6, 6.07) is 0.600. The molecule has 0 amide bonds. The van der Waals surface area contributed by atoms with Crippen LogP contribution in [0.25, 0.3) is 0 Å². The molecule has 0 bridgehead atoms. The normalized spacial score (nSPS) is 18.4. The van der Waals surface area contributed by atoms with E-state index in [2.05, 4.69) is 11.8 Å². The van der Waals surface area contributed by atoms with E-state index < -0.39 is 0 Å². The highest BCUT2D eigenvalue weighted by Crippen LogP contribution is 2.35. The Kier molecular flexibility index (Phi) is 6.28. The Hall–Kier alpha value is -0.160. The van der Waals surface area contributed by atoms with Crippen LogP contribution in [0.5, 0.6) is 0 Å². The van der Waals surface area contributed by atoms with Gasteiger partial charge < -0.3 is 14.2 Å². The fraction of sp³-hybridized carbons (Fsp3) is 1.00. The third kappa shape index (κ3) is 4.37. The molecular formula is C12H25NO3. The van der Waals surface area contributed by atoms with E-state index in [0.717, 1.165) is 25.6 Å². The molecule has 0 aromatic carbocycles. The van der Waals surface area contributed by atoms with Crippen LogP contribution in [0.2, 0.25) is 0 Å². The van der Waals surface area contributed by atoms with Gasteiger partial charge in [-0.3, -0.25) is 4.90 Å². The number of nitrogens with zero attached hydrogens (tertiary/aromatic N) is 1. The Balaban J connectivity index is 2.41. The van der Waals surface area contributed by atoms with Gasteiger partial charge in [-0.1, -0.05) is 0 Å². The van der Waals surface area contributed by atoms with E-state index in [9.17, 15) is 0 Å². The minimum absolute atomic E-state index is 0.141. The van der Waals surface area contributed by atoms with Gasteiger partial charge in [-0.15, -0.1) is 0 Å². The second-order valence-corrected chi connectivity index (χ2v) is 4.47. The van der Waals surface area contributed by atoms with Crippen molar-refractivity contribution in [2.45, 2.75) is 32.1 Å². The molecule has 0 aromatic rings. The van der Waals surface area contributed by atoms with Crippen LogP contribution < -0.4 is 0 Å². The SMILES string of the molecule is COCCN(CC(OC)OC)C(C)C1CC1. The summed E-state index contributed by atoms with van der Waals surface area (Å²) in [5.74, 6) is 0.853. The van der Waals surface area contributed by atoms with Crippen LogP contribution in [-0.2, 0) is 14.2 Å². The minimum Gasteiger partial charge on any atom is -0.383 e. The highest BCUT2D eigenvalue weighted by molar-refractivity contribution is 4.85. The van der Waals surface area contributed by atoms with Gasteiger partial charge in [0, 0.05) is 40.5 Å². The first-order valence-corrected chi connectivity index (χ1v) is 6.01. The molecule has 1 aliphatic carbocycles. The van der Waals surface area contributed by atoms with Gasteiger partial charge in [-0.05, 0) is 25.7 Å². The van der Waals surface area contributed by atoms with Crippen molar-refractivity contribution in [2.75, 3.05) is 41.0 Å². The Morgan fingerprint density at radius 2 is 1.81 bits per heavy atom. The molecule has 0 saturated heterocycles. The zero-order valence-corrected chi connectivity index (χ0v) is 10.9. The Bertz CT molecular complexity index is 181. The number of hydrogen-bond acceptors (Lipinski definition) is 4. The summed E-state index contributed by atoms with van der Waals surface area (Å²) in [6.45, 7) is 4.80. The zero-order valence-electron chi connectivity index (χ0n) is 10.9. The molecule has 0 aromatic heterocycles. The average molecular weight is 231 g/mol. The van der Waals surface area contributed by atoms with E-state index in [-0.39, 0.29) is 6.29 Å². The molecule has 1 fully saturated rings. The second-order valence-electron chi connectivity index (χ2n) is 4.47. The standard InChI is InChI=1S/C12H25NO3/c1-10(11-5-6-11)13(7-8-14-2)9-12(15-3)16-4/h10-12H,5-9H2,1-4H3. The second kappa shape index (κ2) is 7.22. The van der Waals surface area contributed by atoms with Gasteiger partial charge in [0.25, 0.3) is 0 Å². The van der Waals surface area contributed by atoms with Crippen LogP contribution in [-0.4, -0.2) is 58.3 Å². The van der Waals surface area contributed by atoms with Gasteiger partial charge in [0.1, 0.15) is 0 Å². The first-order chi connectivity index (χ1) is 7.72. The number of hydrogen-bond donors (Lipinski definition) is 0. The molecule has 0 aliphatic heterocycles. The van der Waals surface area contributed by atoms with Crippen molar-refractivity contribution >= 4 is 0 Å². The van der Waals surface area contributed by atoms with Gasteiger partial charge >= 0.3 is 0 Å². The third-order valence-electron chi connectivity index (χ3n) is 3.37. The summed E-state index contributed by atoms with van der Waals surface area (Å²) >= 11 is 0. The first kappa shape index (κ1) is 13.9. The number of ether oxygens (including phenoxy) is 3. The van der Waals surface area contributed by atoms with Crippen molar-refractivity contribution in [1.82, 2.24) is 4.90 Å². The maximum absolute atomic E-state index is 5.26. The molecule has 1 aliphatic rings. The first-order valence-electron chi connectivity index (χ1n) is 6.01. The molecule has 1 atom stereocenters. The molecule has 0 radical (unpaired) electrons. The van der Waals surface area contributed by atoms with Gasteiger partial charge in [0.2, 0.25) is 0 Å². The largest absolute Gasteiger partial charge is 0.383 e. The quantitative estimate of drug-likeness (QED) is 0.561. The number of methoxy groups -OCH3 is 3. The van der Waals surface area contributed by atoms with E-state index in [1.807, 2.05) is 0 Å². The molecule has 16 heavy (non-hydrogen) atoms. The fourth-order valence-electron chi connectivity index (χ4n) is 1.98. The van der Waals surface area contributed by atoms with E-state index in [1.54, 1.807) is 21.3 Å². The monoisotopic (exact) mass is 231 g/mol. The summed E-state index contributed by atoms with van der Waals surface area (Å²) in [4.78, 5) is 2.40. The van der Waals surface area contributed by atoms with Crippen molar-refractivity contribution in [3.8, 4) is 0 Å². The lowest BCUT2D eigenvalue weighted by Gasteiger charge is -2.31. The van der Waals surface area contributed by atoms with Crippen molar-refractivity contribution in [2.24, 2.45) is 5.92 Å². The van der Waals surface area contributed by atoms with E-state index >= 15 is 0 Å². The Morgan fingerprint density at radius 3 is 2.25 bits per heavy atom. The smallest absolute Gasteiger partial charge is 0.169 e. The molecule has 0 spiro atoms. The van der Waals surface area contributed by atoms with Gasteiger partial charge in [-0.2, -0.15) is 0 Å². The van der Waals surface area contributed by atoms with Crippen molar-refractivity contribution < 1.29 is 14.2 Å². The number of rotatable bonds is 9. The van der Waals surface area contributed by atoms with Gasteiger partial charge in [0.15, 0.2) is 6.29 Å². The topological polar surface area (TPSA) is 30.9 Å². The lowest BCUT2D eigenvalue weighted by atomic mass is 10.2. The fourth-order valence-corrected chi connectivity index (χ4v) is 1.98. The van der Waals surface area contributed by atoms with E-state index in [4.69, 9.17) is 14.2 Å². The predicted molar refractivity (Wildman–Crippen MR) is 63.4 cm³/mol.